The van der Waals surface area contributed by atoms with Gasteiger partial charge in [-0.3, -0.25) is 5.10 Å². The predicted octanol–water partition coefficient (Wildman–Crippen LogP) is 1.80. The number of aromatic amines is 1. The molecule has 86 valence electrons. The molecule has 2 rings (SSSR count). The zero-order valence-corrected chi connectivity index (χ0v) is 9.97. The summed E-state index contributed by atoms with van der Waals surface area (Å²) in [7, 11) is 0. The van der Waals surface area contributed by atoms with Gasteiger partial charge in [0.2, 0.25) is 0 Å². The van der Waals surface area contributed by atoms with Crippen LogP contribution < -0.4 is 11.1 Å². The van der Waals surface area contributed by atoms with Crippen molar-refractivity contribution >= 4 is 21.5 Å². The Bertz CT molecular complexity index is 448. The number of H-pyrrole nitrogens is 1. The lowest BCUT2D eigenvalue weighted by Gasteiger charge is -2.01. The highest BCUT2D eigenvalue weighted by molar-refractivity contribution is 7.19. The highest BCUT2D eigenvalue weighted by Crippen LogP contribution is 2.19. The van der Waals surface area contributed by atoms with E-state index in [1.807, 2.05) is 13.1 Å². The van der Waals surface area contributed by atoms with Gasteiger partial charge in [0.05, 0.1) is 12.4 Å². The van der Waals surface area contributed by atoms with Crippen LogP contribution in [0.2, 0.25) is 0 Å². The van der Waals surface area contributed by atoms with Crippen LogP contribution in [0.3, 0.4) is 0 Å². The molecule has 0 fully saturated rings. The number of nitrogen functional groups attached to an aromatic ring is 1. The van der Waals surface area contributed by atoms with Crippen molar-refractivity contribution in [3.8, 4) is 0 Å². The summed E-state index contributed by atoms with van der Waals surface area (Å²) in [5.41, 5.74) is 8.01. The molecule has 0 saturated heterocycles. The van der Waals surface area contributed by atoms with Crippen LogP contribution in [-0.4, -0.2) is 21.7 Å². The Balaban J connectivity index is 1.71. The third kappa shape index (κ3) is 2.73. The van der Waals surface area contributed by atoms with Gasteiger partial charge in [0.25, 0.3) is 0 Å². The molecule has 2 aromatic rings. The molecule has 0 aromatic carbocycles. The van der Waals surface area contributed by atoms with Gasteiger partial charge in [0.1, 0.15) is 5.00 Å². The van der Waals surface area contributed by atoms with E-state index in [-0.39, 0.29) is 0 Å². The minimum atomic E-state index is 0.744. The molecule has 0 bridgehead atoms. The summed E-state index contributed by atoms with van der Waals surface area (Å²) in [5.74, 6) is 0. The van der Waals surface area contributed by atoms with Crippen molar-refractivity contribution < 1.29 is 0 Å². The number of thiazole rings is 1. The largest absolute Gasteiger partial charge is 0.389 e. The SMILES string of the molecule is Cc1[nH]ncc1CCCNc1ncc(N)s1. The van der Waals surface area contributed by atoms with Crippen LogP contribution >= 0.6 is 11.3 Å². The lowest BCUT2D eigenvalue weighted by atomic mass is 10.1. The Labute approximate surface area is 98.1 Å². The third-order valence-corrected chi connectivity index (χ3v) is 3.14. The fraction of sp³-hybridized carbons (Fsp3) is 0.400. The van der Waals surface area contributed by atoms with Gasteiger partial charge in [0, 0.05) is 12.2 Å². The first-order valence-corrected chi connectivity index (χ1v) is 6.01. The number of anilines is 2. The highest BCUT2D eigenvalue weighted by Gasteiger charge is 2.01. The lowest BCUT2D eigenvalue weighted by molar-refractivity contribution is 0.856. The van der Waals surface area contributed by atoms with Gasteiger partial charge < -0.3 is 11.1 Å². The summed E-state index contributed by atoms with van der Waals surface area (Å²) < 4.78 is 0. The van der Waals surface area contributed by atoms with E-state index in [1.54, 1.807) is 6.20 Å². The Hall–Kier alpha value is -1.56. The average Bonchev–Trinajstić information content (AvgIpc) is 2.83. The molecule has 4 N–H and O–H groups in total. The molecule has 0 aliphatic carbocycles. The highest BCUT2D eigenvalue weighted by atomic mass is 32.1. The van der Waals surface area contributed by atoms with Crippen LogP contribution in [0.1, 0.15) is 17.7 Å². The standard InChI is InChI=1S/C10H15N5S/c1-7-8(5-14-15-7)3-2-4-12-10-13-6-9(11)16-10/h5-6H,2-4,11H2,1H3,(H,12,13)(H,14,15). The van der Waals surface area contributed by atoms with Crippen LogP contribution in [0.4, 0.5) is 10.1 Å². The van der Waals surface area contributed by atoms with E-state index in [4.69, 9.17) is 5.73 Å². The van der Waals surface area contributed by atoms with Crippen molar-refractivity contribution in [3.05, 3.63) is 23.7 Å². The molecule has 2 aromatic heterocycles. The Morgan fingerprint density at radius 2 is 2.38 bits per heavy atom. The van der Waals surface area contributed by atoms with E-state index >= 15 is 0 Å². The molecule has 0 unspecified atom stereocenters. The summed E-state index contributed by atoms with van der Waals surface area (Å²) in [6, 6.07) is 0. The first-order valence-electron chi connectivity index (χ1n) is 5.19. The molecular formula is C10H15N5S. The van der Waals surface area contributed by atoms with Gasteiger partial charge in [-0.05, 0) is 25.3 Å². The van der Waals surface area contributed by atoms with E-state index in [0.717, 1.165) is 35.2 Å². The van der Waals surface area contributed by atoms with Crippen LogP contribution in [0, 0.1) is 6.92 Å². The lowest BCUT2D eigenvalue weighted by Crippen LogP contribution is -2.02. The molecule has 5 nitrogen and oxygen atoms in total. The smallest absolute Gasteiger partial charge is 0.184 e. The zero-order valence-electron chi connectivity index (χ0n) is 9.16. The van der Waals surface area contributed by atoms with E-state index in [2.05, 4.69) is 20.5 Å². The second-order valence-electron chi connectivity index (χ2n) is 3.62. The topological polar surface area (TPSA) is 79.6 Å². The first-order chi connectivity index (χ1) is 7.75. The second-order valence-corrected chi connectivity index (χ2v) is 4.68. The van der Waals surface area contributed by atoms with Crippen LogP contribution in [0.5, 0.6) is 0 Å². The predicted molar refractivity (Wildman–Crippen MR) is 66.7 cm³/mol. The molecule has 0 saturated carbocycles. The summed E-state index contributed by atoms with van der Waals surface area (Å²) in [4.78, 5) is 4.13. The molecule has 0 aliphatic rings. The Morgan fingerprint density at radius 3 is 3.00 bits per heavy atom. The van der Waals surface area contributed by atoms with Gasteiger partial charge >= 0.3 is 0 Å². The van der Waals surface area contributed by atoms with Gasteiger partial charge in [-0.15, -0.1) is 0 Å². The maximum Gasteiger partial charge on any atom is 0.184 e. The second kappa shape index (κ2) is 4.98. The van der Waals surface area contributed by atoms with Crippen LogP contribution in [-0.2, 0) is 6.42 Å². The summed E-state index contributed by atoms with van der Waals surface area (Å²) in [6.07, 6.45) is 5.64. The summed E-state index contributed by atoms with van der Waals surface area (Å²) in [5, 5.41) is 11.8. The minimum Gasteiger partial charge on any atom is -0.389 e. The fourth-order valence-electron chi connectivity index (χ4n) is 1.47. The van der Waals surface area contributed by atoms with Crippen molar-refractivity contribution in [3.63, 3.8) is 0 Å². The van der Waals surface area contributed by atoms with Gasteiger partial charge in [-0.25, -0.2) is 4.98 Å². The number of aromatic nitrogens is 3. The zero-order chi connectivity index (χ0) is 11.4. The maximum atomic E-state index is 5.58. The summed E-state index contributed by atoms with van der Waals surface area (Å²) >= 11 is 1.48. The molecule has 0 amide bonds. The number of aryl methyl sites for hydroxylation is 2. The van der Waals surface area contributed by atoms with Gasteiger partial charge in [0.15, 0.2) is 5.13 Å². The number of rotatable bonds is 5. The molecule has 16 heavy (non-hydrogen) atoms. The van der Waals surface area contributed by atoms with Gasteiger partial charge in [-0.1, -0.05) is 11.3 Å². The number of nitrogens with one attached hydrogen (secondary N) is 2. The minimum absolute atomic E-state index is 0.744. The molecule has 0 atom stereocenters. The van der Waals surface area contributed by atoms with Crippen LogP contribution in [0.15, 0.2) is 12.4 Å². The monoisotopic (exact) mass is 237 g/mol. The summed E-state index contributed by atoms with van der Waals surface area (Å²) in [6.45, 7) is 2.94. The van der Waals surface area contributed by atoms with Crippen molar-refractivity contribution in [2.24, 2.45) is 0 Å². The molecule has 6 heteroatoms. The Kier molecular flexibility index (Phi) is 3.40. The van der Waals surface area contributed by atoms with Gasteiger partial charge in [-0.2, -0.15) is 5.10 Å². The molecular weight excluding hydrogens is 222 g/mol. The number of nitrogens with zero attached hydrogens (tertiary/aromatic N) is 2. The van der Waals surface area contributed by atoms with E-state index in [1.165, 1.54) is 16.9 Å². The number of hydrogen-bond acceptors (Lipinski definition) is 5. The average molecular weight is 237 g/mol. The third-order valence-electron chi connectivity index (χ3n) is 2.36. The number of hydrogen-bond donors (Lipinski definition) is 3. The fourth-order valence-corrected chi connectivity index (χ4v) is 2.08. The normalized spacial score (nSPS) is 10.6. The molecule has 0 radical (unpaired) electrons. The van der Waals surface area contributed by atoms with Crippen molar-refractivity contribution in [2.45, 2.75) is 19.8 Å². The van der Waals surface area contributed by atoms with E-state index in [9.17, 15) is 0 Å². The van der Waals surface area contributed by atoms with E-state index in [0.29, 0.717) is 0 Å². The van der Waals surface area contributed by atoms with Crippen molar-refractivity contribution in [1.29, 1.82) is 0 Å². The quantitative estimate of drug-likeness (QED) is 0.693. The van der Waals surface area contributed by atoms with Crippen LogP contribution in [0.25, 0.3) is 0 Å². The van der Waals surface area contributed by atoms with E-state index < -0.39 is 0 Å². The Morgan fingerprint density at radius 1 is 1.50 bits per heavy atom. The number of nitrogens with two attached hydrogens (primary N) is 1. The first kappa shape index (κ1) is 10.9. The molecule has 2 heterocycles. The van der Waals surface area contributed by atoms with Crippen molar-refractivity contribution in [1.82, 2.24) is 15.2 Å². The maximum absolute atomic E-state index is 5.58. The molecule has 0 spiro atoms. The molecule has 0 aliphatic heterocycles. The van der Waals surface area contributed by atoms with Crippen molar-refractivity contribution in [2.75, 3.05) is 17.6 Å².